The number of halogens is 2. The number of nitrogens with zero attached hydrogens (tertiary/aromatic N) is 3. The smallest absolute Gasteiger partial charge is 0.303 e. The Morgan fingerprint density at radius 1 is 1.38 bits per heavy atom. The summed E-state index contributed by atoms with van der Waals surface area (Å²) in [5.74, 6) is -0.793. The van der Waals surface area contributed by atoms with Crippen LogP contribution < -0.4 is 5.32 Å². The van der Waals surface area contributed by atoms with Crippen molar-refractivity contribution in [3.63, 3.8) is 0 Å². The van der Waals surface area contributed by atoms with E-state index in [1.54, 1.807) is 29.1 Å². The van der Waals surface area contributed by atoms with Gasteiger partial charge in [0.2, 0.25) is 0 Å². The first kappa shape index (κ1) is 15.8. The number of carboxylic acid groups (broad SMARTS) is 1. The Labute approximate surface area is 131 Å². The van der Waals surface area contributed by atoms with Crippen LogP contribution in [0.25, 0.3) is 5.69 Å². The molecule has 0 saturated carbocycles. The molecule has 112 valence electrons. The molecule has 21 heavy (non-hydrogen) atoms. The summed E-state index contributed by atoms with van der Waals surface area (Å²) in [5.41, 5.74) is 1.40. The van der Waals surface area contributed by atoms with E-state index in [1.807, 2.05) is 0 Å². The predicted molar refractivity (Wildman–Crippen MR) is 80.0 cm³/mol. The summed E-state index contributed by atoms with van der Waals surface area (Å²) in [5, 5.41) is 20.6. The third-order valence-corrected chi connectivity index (χ3v) is 3.58. The Balaban J connectivity index is 1.92. The van der Waals surface area contributed by atoms with Crippen molar-refractivity contribution < 1.29 is 9.90 Å². The van der Waals surface area contributed by atoms with Gasteiger partial charge in [-0.25, -0.2) is 4.68 Å². The van der Waals surface area contributed by atoms with E-state index in [0.717, 1.165) is 5.69 Å². The molecule has 0 unspecified atom stereocenters. The van der Waals surface area contributed by atoms with Crippen molar-refractivity contribution in [1.82, 2.24) is 20.3 Å². The Kier molecular flexibility index (Phi) is 5.55. The van der Waals surface area contributed by atoms with Gasteiger partial charge in [-0.15, -0.1) is 5.10 Å². The molecule has 0 bridgehead atoms. The predicted octanol–water partition coefficient (Wildman–Crippen LogP) is 2.53. The minimum atomic E-state index is -0.793. The molecule has 1 aromatic carbocycles. The molecule has 0 saturated heterocycles. The quantitative estimate of drug-likeness (QED) is 0.763. The van der Waals surface area contributed by atoms with Gasteiger partial charge in [-0.3, -0.25) is 4.79 Å². The van der Waals surface area contributed by atoms with Gasteiger partial charge >= 0.3 is 5.97 Å². The first-order chi connectivity index (χ1) is 10.1. The van der Waals surface area contributed by atoms with Gasteiger partial charge in [0.1, 0.15) is 0 Å². The fraction of sp³-hybridized carbons (Fsp3) is 0.308. The number of nitrogens with one attached hydrogen (secondary N) is 1. The van der Waals surface area contributed by atoms with Crippen molar-refractivity contribution in [2.24, 2.45) is 0 Å². The van der Waals surface area contributed by atoms with Gasteiger partial charge < -0.3 is 10.4 Å². The molecule has 2 rings (SSSR count). The second kappa shape index (κ2) is 7.40. The standard InChI is InChI=1S/C13H14Cl2N4O2/c14-10-3-1-4-11(13(10)15)19-8-9(17-18-19)7-16-6-2-5-12(20)21/h1,3-4,8,16H,2,5-7H2,(H,20,21). The molecule has 0 aliphatic heterocycles. The van der Waals surface area contributed by atoms with Crippen LogP contribution in [0.4, 0.5) is 0 Å². The third-order valence-electron chi connectivity index (χ3n) is 2.77. The molecule has 0 aliphatic rings. The molecule has 0 aliphatic carbocycles. The summed E-state index contributed by atoms with van der Waals surface area (Å²) in [4.78, 5) is 10.4. The Morgan fingerprint density at radius 3 is 2.95 bits per heavy atom. The largest absolute Gasteiger partial charge is 0.481 e. The number of benzene rings is 1. The number of hydrogen-bond acceptors (Lipinski definition) is 4. The molecule has 2 N–H and O–H groups in total. The van der Waals surface area contributed by atoms with Crippen LogP contribution in [0.1, 0.15) is 18.5 Å². The van der Waals surface area contributed by atoms with Crippen molar-refractivity contribution in [2.75, 3.05) is 6.54 Å². The summed E-state index contributed by atoms with van der Waals surface area (Å²) in [6, 6.07) is 5.29. The van der Waals surface area contributed by atoms with Crippen molar-refractivity contribution in [1.29, 1.82) is 0 Å². The third kappa shape index (κ3) is 4.42. The fourth-order valence-corrected chi connectivity index (χ4v) is 2.13. The highest BCUT2D eigenvalue weighted by Crippen LogP contribution is 2.27. The summed E-state index contributed by atoms with van der Waals surface area (Å²) in [6.45, 7) is 1.12. The number of carboxylic acids is 1. The van der Waals surface area contributed by atoms with Crippen LogP contribution in [0, 0.1) is 0 Å². The molecule has 1 heterocycles. The van der Waals surface area contributed by atoms with E-state index >= 15 is 0 Å². The van der Waals surface area contributed by atoms with E-state index in [-0.39, 0.29) is 6.42 Å². The Hall–Kier alpha value is -1.63. The molecular formula is C13H14Cl2N4O2. The van der Waals surface area contributed by atoms with E-state index in [0.29, 0.717) is 35.2 Å². The number of aliphatic carboxylic acids is 1. The van der Waals surface area contributed by atoms with Crippen molar-refractivity contribution in [2.45, 2.75) is 19.4 Å². The van der Waals surface area contributed by atoms with Gasteiger partial charge in [0.05, 0.1) is 27.6 Å². The van der Waals surface area contributed by atoms with Crippen LogP contribution >= 0.6 is 23.2 Å². The first-order valence-electron chi connectivity index (χ1n) is 6.36. The average Bonchev–Trinajstić information content (AvgIpc) is 2.90. The van der Waals surface area contributed by atoms with E-state index < -0.39 is 5.97 Å². The van der Waals surface area contributed by atoms with Gasteiger partial charge in [-0.2, -0.15) is 0 Å². The fourth-order valence-electron chi connectivity index (χ4n) is 1.75. The number of carbonyl (C=O) groups is 1. The zero-order chi connectivity index (χ0) is 15.2. The van der Waals surface area contributed by atoms with Crippen molar-refractivity contribution in [3.05, 3.63) is 40.1 Å². The van der Waals surface area contributed by atoms with Crippen molar-refractivity contribution >= 4 is 29.2 Å². The molecule has 0 atom stereocenters. The highest BCUT2D eigenvalue weighted by Gasteiger charge is 2.08. The van der Waals surface area contributed by atoms with Gasteiger partial charge in [-0.05, 0) is 25.1 Å². The maximum Gasteiger partial charge on any atom is 0.303 e. The maximum absolute atomic E-state index is 10.4. The van der Waals surface area contributed by atoms with Crippen LogP contribution in [0.15, 0.2) is 24.4 Å². The second-order valence-corrected chi connectivity index (χ2v) is 5.19. The Morgan fingerprint density at radius 2 is 2.19 bits per heavy atom. The second-order valence-electron chi connectivity index (χ2n) is 4.40. The minimum Gasteiger partial charge on any atom is -0.481 e. The zero-order valence-corrected chi connectivity index (χ0v) is 12.6. The summed E-state index contributed by atoms with van der Waals surface area (Å²) >= 11 is 12.1. The molecular weight excluding hydrogens is 315 g/mol. The van der Waals surface area contributed by atoms with Gasteiger partial charge in [0.15, 0.2) is 0 Å². The van der Waals surface area contributed by atoms with Gasteiger partial charge in [-0.1, -0.05) is 34.5 Å². The van der Waals surface area contributed by atoms with E-state index in [1.165, 1.54) is 0 Å². The van der Waals surface area contributed by atoms with E-state index in [2.05, 4.69) is 15.6 Å². The number of aromatic nitrogens is 3. The van der Waals surface area contributed by atoms with Crippen LogP contribution in [0.2, 0.25) is 10.0 Å². The lowest BCUT2D eigenvalue weighted by Gasteiger charge is -2.04. The minimum absolute atomic E-state index is 0.151. The summed E-state index contributed by atoms with van der Waals surface area (Å²) < 4.78 is 1.56. The highest BCUT2D eigenvalue weighted by molar-refractivity contribution is 6.43. The van der Waals surface area contributed by atoms with Crippen LogP contribution in [-0.4, -0.2) is 32.6 Å². The molecule has 8 heteroatoms. The van der Waals surface area contributed by atoms with E-state index in [9.17, 15) is 4.79 Å². The lowest BCUT2D eigenvalue weighted by molar-refractivity contribution is -0.137. The lowest BCUT2D eigenvalue weighted by atomic mass is 10.3. The van der Waals surface area contributed by atoms with Crippen LogP contribution in [0.5, 0.6) is 0 Å². The molecule has 0 spiro atoms. The normalized spacial score (nSPS) is 10.8. The molecule has 0 amide bonds. The molecule has 6 nitrogen and oxygen atoms in total. The zero-order valence-electron chi connectivity index (χ0n) is 11.1. The number of rotatable bonds is 7. The van der Waals surface area contributed by atoms with Crippen LogP contribution in [-0.2, 0) is 11.3 Å². The SMILES string of the molecule is O=C(O)CCCNCc1cn(-c2cccc(Cl)c2Cl)nn1. The monoisotopic (exact) mass is 328 g/mol. The lowest BCUT2D eigenvalue weighted by Crippen LogP contribution is -2.16. The summed E-state index contributed by atoms with van der Waals surface area (Å²) in [6.07, 6.45) is 2.48. The molecule has 1 aromatic heterocycles. The van der Waals surface area contributed by atoms with Crippen molar-refractivity contribution in [3.8, 4) is 5.69 Å². The van der Waals surface area contributed by atoms with Gasteiger partial charge in [0, 0.05) is 13.0 Å². The Bertz CT molecular complexity index is 630. The molecule has 0 fully saturated rings. The topological polar surface area (TPSA) is 80.0 Å². The first-order valence-corrected chi connectivity index (χ1v) is 7.11. The molecule has 0 radical (unpaired) electrons. The van der Waals surface area contributed by atoms with Gasteiger partial charge in [0.25, 0.3) is 0 Å². The highest BCUT2D eigenvalue weighted by atomic mass is 35.5. The van der Waals surface area contributed by atoms with Crippen LogP contribution in [0.3, 0.4) is 0 Å². The van der Waals surface area contributed by atoms with E-state index in [4.69, 9.17) is 28.3 Å². The number of hydrogen-bond donors (Lipinski definition) is 2. The molecule has 2 aromatic rings. The maximum atomic E-state index is 10.4. The summed E-state index contributed by atoms with van der Waals surface area (Å²) in [7, 11) is 0. The average molecular weight is 329 g/mol.